The number of carbonyl (C=O) groups is 1. The van der Waals surface area contributed by atoms with E-state index in [0.717, 1.165) is 69.3 Å². The number of nitrogens with zero attached hydrogens (tertiary/aromatic N) is 5. The number of ether oxygens (including phenoxy) is 1. The van der Waals surface area contributed by atoms with Crippen molar-refractivity contribution in [2.75, 3.05) is 26.1 Å². The molecule has 0 aliphatic heterocycles. The summed E-state index contributed by atoms with van der Waals surface area (Å²) in [6.45, 7) is 0. The Morgan fingerprint density at radius 1 is 1.15 bits per heavy atom. The lowest BCUT2D eigenvalue weighted by Crippen LogP contribution is -2.23. The van der Waals surface area contributed by atoms with Crippen LogP contribution < -0.4 is 4.90 Å². The number of benzene rings is 1. The molecule has 8 heteroatoms. The molecular formula is C25H26BrN5O2. The number of carbonyl (C=O) groups excluding carboxylic acids is 1. The van der Waals surface area contributed by atoms with Gasteiger partial charge >= 0.3 is 5.97 Å². The summed E-state index contributed by atoms with van der Waals surface area (Å²) >= 11 is 3.83. The van der Waals surface area contributed by atoms with Crippen LogP contribution in [0.2, 0.25) is 0 Å². The highest BCUT2D eigenvalue weighted by Crippen LogP contribution is 2.42. The van der Waals surface area contributed by atoms with Crippen molar-refractivity contribution in [1.29, 1.82) is 0 Å². The van der Waals surface area contributed by atoms with Crippen LogP contribution in [0.5, 0.6) is 0 Å². The molecule has 170 valence electrons. The molecule has 0 unspecified atom stereocenters. The minimum Gasteiger partial charge on any atom is -0.469 e. The van der Waals surface area contributed by atoms with Gasteiger partial charge in [-0.2, -0.15) is 9.61 Å². The summed E-state index contributed by atoms with van der Waals surface area (Å²) in [6, 6.07) is 10.2. The van der Waals surface area contributed by atoms with Gasteiger partial charge in [-0.05, 0) is 53.7 Å². The lowest BCUT2D eigenvalue weighted by atomic mass is 9.80. The van der Waals surface area contributed by atoms with Gasteiger partial charge in [-0.25, -0.2) is 4.98 Å². The number of hydrogen-bond donors (Lipinski definition) is 0. The van der Waals surface area contributed by atoms with Crippen molar-refractivity contribution in [1.82, 2.24) is 19.6 Å². The van der Waals surface area contributed by atoms with E-state index in [1.807, 2.05) is 49.2 Å². The Morgan fingerprint density at radius 2 is 1.91 bits per heavy atom. The van der Waals surface area contributed by atoms with Crippen LogP contribution >= 0.6 is 15.9 Å². The van der Waals surface area contributed by atoms with Gasteiger partial charge in [0.1, 0.15) is 5.82 Å². The predicted octanol–water partition coefficient (Wildman–Crippen LogP) is 5.22. The molecule has 5 rings (SSSR count). The van der Waals surface area contributed by atoms with Crippen molar-refractivity contribution in [3.8, 4) is 11.1 Å². The molecular weight excluding hydrogens is 482 g/mol. The Hall–Kier alpha value is -3.00. The van der Waals surface area contributed by atoms with E-state index >= 15 is 0 Å². The van der Waals surface area contributed by atoms with Crippen molar-refractivity contribution >= 4 is 44.3 Å². The van der Waals surface area contributed by atoms with Gasteiger partial charge in [0.15, 0.2) is 5.65 Å². The zero-order valence-electron chi connectivity index (χ0n) is 19.0. The van der Waals surface area contributed by atoms with Crippen molar-refractivity contribution in [3.63, 3.8) is 0 Å². The molecule has 4 aromatic rings. The standard InChI is InChI=1S/C25H26BrN5O2/c1-30(2)24-21(26)22(15-8-10-16(11-9-15)25(32)33-3)29-23-19(14-28-31(23)24)18-12-17-6-4-5-7-20(17)27-13-18/h4-7,12-16H,8-11H2,1-3H3. The van der Waals surface area contributed by atoms with E-state index in [9.17, 15) is 4.79 Å². The number of hydrogen-bond acceptors (Lipinski definition) is 6. The van der Waals surface area contributed by atoms with Crippen LogP contribution in [0.3, 0.4) is 0 Å². The van der Waals surface area contributed by atoms with Gasteiger partial charge < -0.3 is 9.64 Å². The smallest absolute Gasteiger partial charge is 0.308 e. The first-order valence-electron chi connectivity index (χ1n) is 11.2. The molecule has 3 heterocycles. The molecule has 1 aliphatic rings. The number of para-hydroxylation sites is 1. The Bertz CT molecular complexity index is 1340. The van der Waals surface area contributed by atoms with E-state index in [1.165, 1.54) is 7.11 Å². The van der Waals surface area contributed by atoms with Crippen LogP contribution in [-0.2, 0) is 9.53 Å². The molecule has 1 fully saturated rings. The van der Waals surface area contributed by atoms with Crippen LogP contribution in [0.25, 0.3) is 27.7 Å². The molecule has 1 aliphatic carbocycles. The average Bonchev–Trinajstić information content (AvgIpc) is 3.26. The third kappa shape index (κ3) is 3.86. The maximum atomic E-state index is 12.0. The first-order chi connectivity index (χ1) is 16.0. The molecule has 1 aromatic carbocycles. The molecule has 1 saturated carbocycles. The Morgan fingerprint density at radius 3 is 2.64 bits per heavy atom. The fourth-order valence-electron chi connectivity index (χ4n) is 4.82. The topological polar surface area (TPSA) is 72.6 Å². The average molecular weight is 508 g/mol. The first kappa shape index (κ1) is 21.8. The van der Waals surface area contributed by atoms with Crippen LogP contribution in [-0.4, -0.2) is 46.8 Å². The summed E-state index contributed by atoms with van der Waals surface area (Å²) in [5, 5.41) is 5.77. The molecule has 0 spiro atoms. The van der Waals surface area contributed by atoms with E-state index < -0.39 is 0 Å². The highest BCUT2D eigenvalue weighted by Gasteiger charge is 2.31. The minimum absolute atomic E-state index is 0.0173. The zero-order valence-corrected chi connectivity index (χ0v) is 20.5. The van der Waals surface area contributed by atoms with Crippen LogP contribution in [0.4, 0.5) is 5.82 Å². The molecule has 0 bridgehead atoms. The highest BCUT2D eigenvalue weighted by atomic mass is 79.9. The number of methoxy groups -OCH3 is 1. The summed E-state index contributed by atoms with van der Waals surface area (Å²) in [5.74, 6) is 1.09. The van der Waals surface area contributed by atoms with E-state index in [0.29, 0.717) is 0 Å². The third-order valence-electron chi connectivity index (χ3n) is 6.57. The van der Waals surface area contributed by atoms with Crippen molar-refractivity contribution in [2.24, 2.45) is 5.92 Å². The van der Waals surface area contributed by atoms with E-state index in [1.54, 1.807) is 0 Å². The summed E-state index contributed by atoms with van der Waals surface area (Å²) in [6.07, 6.45) is 7.18. The lowest BCUT2D eigenvalue weighted by Gasteiger charge is -2.28. The quantitative estimate of drug-likeness (QED) is 0.352. The fourth-order valence-corrected chi connectivity index (χ4v) is 5.76. The van der Waals surface area contributed by atoms with Gasteiger partial charge in [-0.1, -0.05) is 18.2 Å². The van der Waals surface area contributed by atoms with Crippen LogP contribution in [0.1, 0.15) is 37.3 Å². The monoisotopic (exact) mass is 507 g/mol. The SMILES string of the molecule is COC(=O)C1CCC(c2nc3c(-c4cnc5ccccc5c4)cnn3c(N(C)C)c2Br)CC1. The number of anilines is 1. The Kier molecular flexibility index (Phi) is 5.78. The van der Waals surface area contributed by atoms with Gasteiger partial charge in [0.05, 0.1) is 34.9 Å². The van der Waals surface area contributed by atoms with E-state index in [-0.39, 0.29) is 17.8 Å². The summed E-state index contributed by atoms with van der Waals surface area (Å²) in [7, 11) is 5.49. The molecule has 0 amide bonds. The number of fused-ring (bicyclic) bond motifs is 2. The van der Waals surface area contributed by atoms with Gasteiger partial charge in [0.2, 0.25) is 0 Å². The highest BCUT2D eigenvalue weighted by molar-refractivity contribution is 9.10. The molecule has 33 heavy (non-hydrogen) atoms. The number of aromatic nitrogens is 4. The predicted molar refractivity (Wildman–Crippen MR) is 132 cm³/mol. The van der Waals surface area contributed by atoms with E-state index in [2.05, 4.69) is 43.0 Å². The minimum atomic E-state index is -0.105. The fraction of sp³-hybridized carbons (Fsp3) is 0.360. The molecule has 0 atom stereocenters. The molecule has 0 N–H and O–H groups in total. The van der Waals surface area contributed by atoms with Gasteiger partial charge in [0.25, 0.3) is 0 Å². The molecule has 7 nitrogen and oxygen atoms in total. The lowest BCUT2D eigenvalue weighted by molar-refractivity contribution is -0.146. The summed E-state index contributed by atoms with van der Waals surface area (Å²) < 4.78 is 7.80. The molecule has 0 radical (unpaired) electrons. The third-order valence-corrected chi connectivity index (χ3v) is 7.33. The van der Waals surface area contributed by atoms with Gasteiger partial charge in [-0.15, -0.1) is 0 Å². The van der Waals surface area contributed by atoms with Gasteiger partial charge in [0, 0.05) is 42.7 Å². The summed E-state index contributed by atoms with van der Waals surface area (Å²) in [4.78, 5) is 23.8. The van der Waals surface area contributed by atoms with Crippen molar-refractivity contribution in [2.45, 2.75) is 31.6 Å². The number of esters is 1. The van der Waals surface area contributed by atoms with Crippen molar-refractivity contribution < 1.29 is 9.53 Å². The second-order valence-corrected chi connectivity index (χ2v) is 9.60. The van der Waals surface area contributed by atoms with Crippen LogP contribution in [0, 0.1) is 5.92 Å². The Labute approximate surface area is 200 Å². The number of pyridine rings is 1. The van der Waals surface area contributed by atoms with Gasteiger partial charge in [-0.3, -0.25) is 9.78 Å². The first-order valence-corrected chi connectivity index (χ1v) is 11.9. The summed E-state index contributed by atoms with van der Waals surface area (Å²) in [5.41, 5.74) is 4.73. The molecule has 0 saturated heterocycles. The zero-order chi connectivity index (χ0) is 23.1. The second kappa shape index (κ2) is 8.74. The van der Waals surface area contributed by atoms with E-state index in [4.69, 9.17) is 9.72 Å². The molecule has 3 aromatic heterocycles. The van der Waals surface area contributed by atoms with Crippen molar-refractivity contribution in [3.05, 3.63) is 52.9 Å². The normalized spacial score (nSPS) is 18.5. The largest absolute Gasteiger partial charge is 0.469 e. The maximum Gasteiger partial charge on any atom is 0.308 e. The van der Waals surface area contributed by atoms with Crippen LogP contribution in [0.15, 0.2) is 47.2 Å². The Balaban J connectivity index is 1.60. The second-order valence-electron chi connectivity index (χ2n) is 8.81. The number of halogens is 1. The maximum absolute atomic E-state index is 12.0. The number of rotatable bonds is 4.